The number of phenolic OH excluding ortho intramolecular Hbond substituents is 1. The van der Waals surface area contributed by atoms with E-state index < -0.39 is 0 Å². The summed E-state index contributed by atoms with van der Waals surface area (Å²) < 4.78 is 10.7. The number of aryl methyl sites for hydroxylation is 1. The highest BCUT2D eigenvalue weighted by atomic mass is 16.5. The number of nitrogens with zero attached hydrogens (tertiary/aromatic N) is 2. The van der Waals surface area contributed by atoms with Gasteiger partial charge in [-0.15, -0.1) is 0 Å². The Balaban J connectivity index is 1.39. The van der Waals surface area contributed by atoms with Crippen LogP contribution in [0.4, 0.5) is 5.69 Å². The van der Waals surface area contributed by atoms with Gasteiger partial charge in [0.15, 0.2) is 0 Å². The fourth-order valence-electron chi connectivity index (χ4n) is 3.17. The highest BCUT2D eigenvalue weighted by Crippen LogP contribution is 2.30. The van der Waals surface area contributed by atoms with Crippen LogP contribution in [-0.2, 0) is 11.2 Å². The summed E-state index contributed by atoms with van der Waals surface area (Å²) in [5.74, 6) is 1.65. The van der Waals surface area contributed by atoms with Crippen molar-refractivity contribution in [3.8, 4) is 22.9 Å². The van der Waals surface area contributed by atoms with Crippen LogP contribution in [0.5, 0.6) is 11.5 Å². The molecule has 0 fully saturated rings. The minimum Gasteiger partial charge on any atom is -0.507 e. The number of phenols is 1. The first-order valence-electron chi connectivity index (χ1n) is 9.70. The topological polar surface area (TPSA) is 97.5 Å². The molecular weight excluding hydrogens is 382 g/mol. The molecular formula is C23H21N3O4. The average molecular weight is 403 g/mol. The number of hydrogen-bond donors (Lipinski definition) is 2. The summed E-state index contributed by atoms with van der Waals surface area (Å²) in [6.45, 7) is 2.54. The molecule has 0 unspecified atom stereocenters. The number of carbonyl (C=O) groups excluding carboxylic acids is 1. The molecule has 0 atom stereocenters. The van der Waals surface area contributed by atoms with Gasteiger partial charge < -0.3 is 19.7 Å². The number of nitrogens with one attached hydrogen (secondary N) is 1. The Morgan fingerprint density at radius 3 is 2.60 bits per heavy atom. The summed E-state index contributed by atoms with van der Waals surface area (Å²) >= 11 is 0. The number of carbonyl (C=O) groups is 1. The van der Waals surface area contributed by atoms with Crippen molar-refractivity contribution < 1.29 is 19.2 Å². The molecule has 4 aromatic rings. The lowest BCUT2D eigenvalue weighted by molar-refractivity contribution is -0.116. The van der Waals surface area contributed by atoms with Gasteiger partial charge in [-0.05, 0) is 43.3 Å². The Kier molecular flexibility index (Phi) is 5.61. The fraction of sp³-hybridized carbons (Fsp3) is 0.174. The van der Waals surface area contributed by atoms with Gasteiger partial charge in [-0.2, -0.15) is 4.98 Å². The molecule has 0 aliphatic carbocycles. The summed E-state index contributed by atoms with van der Waals surface area (Å²) in [6.07, 6.45) is 0.520. The number of ether oxygens (including phenoxy) is 1. The summed E-state index contributed by atoms with van der Waals surface area (Å²) in [5, 5.41) is 18.3. The van der Waals surface area contributed by atoms with Crippen molar-refractivity contribution in [2.45, 2.75) is 19.8 Å². The maximum Gasteiger partial charge on any atom is 0.227 e. The molecule has 1 amide bonds. The van der Waals surface area contributed by atoms with Gasteiger partial charge in [0.25, 0.3) is 0 Å². The quantitative estimate of drug-likeness (QED) is 0.439. The number of fused-ring (bicyclic) bond motifs is 1. The van der Waals surface area contributed by atoms with Crippen molar-refractivity contribution in [2.24, 2.45) is 0 Å². The zero-order valence-electron chi connectivity index (χ0n) is 16.5. The summed E-state index contributed by atoms with van der Waals surface area (Å²) in [4.78, 5) is 16.8. The molecule has 0 bridgehead atoms. The van der Waals surface area contributed by atoms with Crippen molar-refractivity contribution in [3.63, 3.8) is 0 Å². The molecule has 1 aromatic heterocycles. The van der Waals surface area contributed by atoms with Gasteiger partial charge in [0.05, 0.1) is 6.61 Å². The van der Waals surface area contributed by atoms with Crippen LogP contribution in [0.1, 0.15) is 19.2 Å². The highest BCUT2D eigenvalue weighted by molar-refractivity contribution is 6.04. The van der Waals surface area contributed by atoms with E-state index >= 15 is 0 Å². The summed E-state index contributed by atoms with van der Waals surface area (Å²) in [6, 6.07) is 18.0. The predicted molar refractivity (Wildman–Crippen MR) is 113 cm³/mol. The molecule has 4 rings (SSSR count). The summed E-state index contributed by atoms with van der Waals surface area (Å²) in [7, 11) is 0. The SMILES string of the molecule is CCOc1ccc(-c2noc(CCC(=O)Nc3ccc(O)c4ccccc34)n2)cc1. The second kappa shape index (κ2) is 8.65. The third kappa shape index (κ3) is 4.25. The van der Waals surface area contributed by atoms with Crippen LogP contribution >= 0.6 is 0 Å². The number of anilines is 1. The Hall–Kier alpha value is -3.87. The average Bonchev–Trinajstić information content (AvgIpc) is 3.24. The van der Waals surface area contributed by atoms with Gasteiger partial charge in [-0.3, -0.25) is 4.79 Å². The molecule has 0 spiro atoms. The van der Waals surface area contributed by atoms with Crippen molar-refractivity contribution >= 4 is 22.4 Å². The van der Waals surface area contributed by atoms with Gasteiger partial charge in [-0.1, -0.05) is 29.4 Å². The van der Waals surface area contributed by atoms with Gasteiger partial charge in [0.1, 0.15) is 11.5 Å². The van der Waals surface area contributed by atoms with Crippen LogP contribution in [-0.4, -0.2) is 27.8 Å². The molecule has 30 heavy (non-hydrogen) atoms. The van der Waals surface area contributed by atoms with E-state index in [1.54, 1.807) is 18.2 Å². The Bertz CT molecular complexity index is 1170. The number of aromatic hydroxyl groups is 1. The third-order valence-electron chi connectivity index (χ3n) is 4.63. The van der Waals surface area contributed by atoms with Crippen LogP contribution in [0.3, 0.4) is 0 Å². The van der Waals surface area contributed by atoms with E-state index in [2.05, 4.69) is 15.5 Å². The van der Waals surface area contributed by atoms with Crippen LogP contribution in [0, 0.1) is 0 Å². The van der Waals surface area contributed by atoms with Crippen LogP contribution in [0.15, 0.2) is 65.2 Å². The molecule has 7 nitrogen and oxygen atoms in total. The van der Waals surface area contributed by atoms with Crippen molar-refractivity contribution in [1.82, 2.24) is 10.1 Å². The molecule has 0 radical (unpaired) electrons. The minimum absolute atomic E-state index is 0.174. The lowest BCUT2D eigenvalue weighted by Crippen LogP contribution is -2.12. The molecule has 3 aromatic carbocycles. The standard InChI is InChI=1S/C23H21N3O4/c1-2-29-16-9-7-15(8-10-16)23-25-22(30-26-23)14-13-21(28)24-19-11-12-20(27)18-6-4-3-5-17(18)19/h3-12,27H,2,13-14H2,1H3,(H,24,28). The second-order valence-electron chi connectivity index (χ2n) is 6.70. The number of aromatic nitrogens is 2. The maximum atomic E-state index is 12.4. The minimum atomic E-state index is -0.174. The van der Waals surface area contributed by atoms with E-state index in [0.717, 1.165) is 16.7 Å². The Labute approximate surface area is 173 Å². The zero-order chi connectivity index (χ0) is 20.9. The van der Waals surface area contributed by atoms with Crippen molar-refractivity contribution in [1.29, 1.82) is 0 Å². The molecule has 0 aliphatic heterocycles. The fourth-order valence-corrected chi connectivity index (χ4v) is 3.17. The van der Waals surface area contributed by atoms with Crippen LogP contribution < -0.4 is 10.1 Å². The first-order valence-corrected chi connectivity index (χ1v) is 9.70. The third-order valence-corrected chi connectivity index (χ3v) is 4.63. The van der Waals surface area contributed by atoms with E-state index in [0.29, 0.717) is 35.8 Å². The van der Waals surface area contributed by atoms with E-state index in [9.17, 15) is 9.90 Å². The Morgan fingerprint density at radius 2 is 1.83 bits per heavy atom. The molecule has 7 heteroatoms. The van der Waals surface area contributed by atoms with Gasteiger partial charge >= 0.3 is 0 Å². The second-order valence-corrected chi connectivity index (χ2v) is 6.70. The zero-order valence-corrected chi connectivity index (χ0v) is 16.5. The molecule has 0 saturated carbocycles. The molecule has 0 aliphatic rings. The van der Waals surface area contributed by atoms with Gasteiger partial charge in [0, 0.05) is 34.9 Å². The maximum absolute atomic E-state index is 12.4. The number of hydrogen-bond acceptors (Lipinski definition) is 6. The van der Waals surface area contributed by atoms with Crippen molar-refractivity contribution in [2.75, 3.05) is 11.9 Å². The van der Waals surface area contributed by atoms with E-state index in [1.165, 1.54) is 0 Å². The first-order chi connectivity index (χ1) is 14.6. The number of amides is 1. The van der Waals surface area contributed by atoms with Gasteiger partial charge in [0.2, 0.25) is 17.6 Å². The van der Waals surface area contributed by atoms with E-state index in [4.69, 9.17) is 9.26 Å². The summed E-state index contributed by atoms with van der Waals surface area (Å²) in [5.41, 5.74) is 1.46. The normalized spacial score (nSPS) is 10.8. The number of rotatable bonds is 7. The smallest absolute Gasteiger partial charge is 0.227 e. The molecule has 152 valence electrons. The Morgan fingerprint density at radius 1 is 1.07 bits per heavy atom. The van der Waals surface area contributed by atoms with E-state index in [-0.39, 0.29) is 18.1 Å². The van der Waals surface area contributed by atoms with Gasteiger partial charge in [-0.25, -0.2) is 0 Å². The number of benzene rings is 3. The molecule has 0 saturated heterocycles. The molecule has 1 heterocycles. The van der Waals surface area contributed by atoms with E-state index in [1.807, 2.05) is 49.4 Å². The monoisotopic (exact) mass is 403 g/mol. The lowest BCUT2D eigenvalue weighted by atomic mass is 10.1. The predicted octanol–water partition coefficient (Wildman–Crippen LogP) is 4.57. The van der Waals surface area contributed by atoms with Crippen LogP contribution in [0.25, 0.3) is 22.2 Å². The first kappa shape index (κ1) is 19.4. The largest absolute Gasteiger partial charge is 0.507 e. The lowest BCUT2D eigenvalue weighted by Gasteiger charge is -2.09. The van der Waals surface area contributed by atoms with Crippen molar-refractivity contribution in [3.05, 3.63) is 66.6 Å². The molecule has 2 N–H and O–H groups in total. The highest BCUT2D eigenvalue weighted by Gasteiger charge is 2.12. The van der Waals surface area contributed by atoms with Crippen LogP contribution in [0.2, 0.25) is 0 Å².